The Labute approximate surface area is 58.9 Å². The van der Waals surface area contributed by atoms with E-state index in [1.807, 2.05) is 18.0 Å². The average Bonchev–Trinajstić information content (AvgIpc) is 2.36. The molecule has 0 saturated heterocycles. The summed E-state index contributed by atoms with van der Waals surface area (Å²) in [6, 6.07) is 0. The van der Waals surface area contributed by atoms with Crippen molar-refractivity contribution in [3.63, 3.8) is 0 Å². The predicted molar refractivity (Wildman–Crippen MR) is 39.5 cm³/mol. The summed E-state index contributed by atoms with van der Waals surface area (Å²) in [7, 11) is 0. The van der Waals surface area contributed by atoms with Gasteiger partial charge in [0.05, 0.1) is 0 Å². The predicted octanol–water partition coefficient (Wildman–Crippen LogP) is 0.108. The van der Waals surface area contributed by atoms with Crippen LogP contribution in [0.3, 0.4) is 0 Å². The first-order chi connectivity index (χ1) is 4.88. The molecule has 0 aromatic rings. The molecule has 0 aliphatic carbocycles. The fraction of sp³-hybridized carbons (Fsp3) is 0.333. The summed E-state index contributed by atoms with van der Waals surface area (Å²) in [5.74, 6) is 1.89. The third-order valence-corrected chi connectivity index (χ3v) is 1.52. The number of nitrogens with one attached hydrogen (secondary N) is 1. The molecule has 0 aromatic heterocycles. The van der Waals surface area contributed by atoms with Crippen LogP contribution >= 0.6 is 0 Å². The van der Waals surface area contributed by atoms with E-state index in [9.17, 15) is 0 Å². The molecular formula is C6H8N4. The van der Waals surface area contributed by atoms with Crippen LogP contribution in [0, 0.1) is 0 Å². The Morgan fingerprint density at radius 3 is 3.40 bits per heavy atom. The van der Waals surface area contributed by atoms with Crippen LogP contribution < -0.4 is 5.43 Å². The maximum absolute atomic E-state index is 4.05. The van der Waals surface area contributed by atoms with Gasteiger partial charge in [-0.15, -0.1) is 0 Å². The van der Waals surface area contributed by atoms with E-state index in [-0.39, 0.29) is 0 Å². The van der Waals surface area contributed by atoms with Crippen LogP contribution in [0.2, 0.25) is 0 Å². The zero-order valence-corrected chi connectivity index (χ0v) is 5.70. The molecule has 0 fully saturated rings. The highest BCUT2D eigenvalue weighted by atomic mass is 15.6. The van der Waals surface area contributed by atoms with Crippen LogP contribution in [0.25, 0.3) is 0 Å². The third-order valence-electron chi connectivity index (χ3n) is 1.52. The number of amidine groups is 1. The van der Waals surface area contributed by atoms with Crippen molar-refractivity contribution in [3.05, 3.63) is 11.9 Å². The molecule has 0 atom stereocenters. The van der Waals surface area contributed by atoms with Gasteiger partial charge in [0.25, 0.3) is 0 Å². The largest absolute Gasteiger partial charge is 0.246 e. The topological polar surface area (TPSA) is 40.0 Å². The van der Waals surface area contributed by atoms with Crippen LogP contribution in [0.1, 0.15) is 6.92 Å². The van der Waals surface area contributed by atoms with E-state index < -0.39 is 0 Å². The number of hydrogen-bond acceptors (Lipinski definition) is 4. The Hall–Kier alpha value is -1.16. The van der Waals surface area contributed by atoms with Gasteiger partial charge >= 0.3 is 0 Å². The number of fused-ring (bicyclic) bond motifs is 1. The quantitative estimate of drug-likeness (QED) is 0.513. The molecule has 2 heterocycles. The molecule has 0 bridgehead atoms. The van der Waals surface area contributed by atoms with Crippen molar-refractivity contribution in [3.8, 4) is 0 Å². The summed E-state index contributed by atoms with van der Waals surface area (Å²) in [6.45, 7) is 2.79. The van der Waals surface area contributed by atoms with Crippen LogP contribution in [0.15, 0.2) is 21.9 Å². The van der Waals surface area contributed by atoms with Crippen molar-refractivity contribution < 1.29 is 0 Å². The SMILES string of the molecule is CC1=NC=NC2=CCNN21. The maximum Gasteiger partial charge on any atom is 0.147 e. The molecule has 2 aliphatic rings. The molecule has 0 spiro atoms. The van der Waals surface area contributed by atoms with Crippen molar-refractivity contribution in [2.75, 3.05) is 6.54 Å². The van der Waals surface area contributed by atoms with Crippen molar-refractivity contribution >= 4 is 12.2 Å². The van der Waals surface area contributed by atoms with Gasteiger partial charge < -0.3 is 0 Å². The standard InChI is InChI=1S/C6H8N4/c1-5-7-4-8-6-2-3-9-10(5)6/h2,4,9H,3H2,1H3. The number of aliphatic imine (C=N–C) groups is 2. The maximum atomic E-state index is 4.05. The van der Waals surface area contributed by atoms with Gasteiger partial charge in [-0.1, -0.05) is 0 Å². The lowest BCUT2D eigenvalue weighted by molar-refractivity contribution is 0.423. The van der Waals surface area contributed by atoms with Gasteiger partial charge in [0.2, 0.25) is 0 Å². The minimum absolute atomic E-state index is 0.847. The molecule has 2 aliphatic heterocycles. The van der Waals surface area contributed by atoms with E-state index in [0.717, 1.165) is 18.2 Å². The first kappa shape index (κ1) is 5.61. The Morgan fingerprint density at radius 1 is 1.70 bits per heavy atom. The Morgan fingerprint density at radius 2 is 2.60 bits per heavy atom. The highest BCUT2D eigenvalue weighted by Crippen LogP contribution is 2.11. The van der Waals surface area contributed by atoms with Crippen molar-refractivity contribution in [2.45, 2.75) is 6.92 Å². The van der Waals surface area contributed by atoms with Crippen LogP contribution in [0.4, 0.5) is 0 Å². The van der Waals surface area contributed by atoms with E-state index in [0.29, 0.717) is 0 Å². The van der Waals surface area contributed by atoms with Crippen molar-refractivity contribution in [2.24, 2.45) is 9.98 Å². The minimum Gasteiger partial charge on any atom is -0.246 e. The monoisotopic (exact) mass is 136 g/mol. The third kappa shape index (κ3) is 0.657. The van der Waals surface area contributed by atoms with Gasteiger partial charge in [0.1, 0.15) is 18.0 Å². The van der Waals surface area contributed by atoms with Gasteiger partial charge in [-0.05, 0) is 13.0 Å². The Kier molecular flexibility index (Phi) is 1.07. The second kappa shape index (κ2) is 1.91. The van der Waals surface area contributed by atoms with Gasteiger partial charge in [-0.25, -0.2) is 20.4 Å². The van der Waals surface area contributed by atoms with E-state index in [1.165, 1.54) is 0 Å². The van der Waals surface area contributed by atoms with Crippen molar-refractivity contribution in [1.29, 1.82) is 0 Å². The van der Waals surface area contributed by atoms with E-state index in [1.54, 1.807) is 6.34 Å². The molecule has 0 amide bonds. The van der Waals surface area contributed by atoms with Gasteiger partial charge in [-0.3, -0.25) is 0 Å². The van der Waals surface area contributed by atoms with E-state index in [2.05, 4.69) is 15.4 Å². The molecule has 0 aromatic carbocycles. The highest BCUT2D eigenvalue weighted by molar-refractivity contribution is 5.90. The summed E-state index contributed by atoms with van der Waals surface area (Å²) in [5.41, 5.74) is 3.10. The number of nitrogens with zero attached hydrogens (tertiary/aromatic N) is 3. The zero-order chi connectivity index (χ0) is 6.97. The van der Waals surface area contributed by atoms with E-state index >= 15 is 0 Å². The number of hydrogen-bond donors (Lipinski definition) is 1. The van der Waals surface area contributed by atoms with Gasteiger partial charge in [0.15, 0.2) is 0 Å². The van der Waals surface area contributed by atoms with E-state index in [4.69, 9.17) is 0 Å². The molecule has 0 radical (unpaired) electrons. The lowest BCUT2D eigenvalue weighted by Crippen LogP contribution is -2.37. The Bertz CT molecular complexity index is 238. The van der Waals surface area contributed by atoms with Crippen LogP contribution in [-0.4, -0.2) is 23.7 Å². The first-order valence-electron chi connectivity index (χ1n) is 3.18. The zero-order valence-electron chi connectivity index (χ0n) is 5.70. The molecule has 1 N–H and O–H groups in total. The Balaban J connectivity index is 2.36. The average molecular weight is 136 g/mol. The normalized spacial score (nSPS) is 22.3. The van der Waals surface area contributed by atoms with Crippen LogP contribution in [0.5, 0.6) is 0 Å². The first-order valence-corrected chi connectivity index (χ1v) is 3.18. The molecule has 10 heavy (non-hydrogen) atoms. The second-order valence-electron chi connectivity index (χ2n) is 2.18. The van der Waals surface area contributed by atoms with Gasteiger partial charge in [-0.2, -0.15) is 0 Å². The fourth-order valence-corrected chi connectivity index (χ4v) is 1.02. The molecule has 0 saturated carbocycles. The summed E-state index contributed by atoms with van der Waals surface area (Å²) >= 11 is 0. The summed E-state index contributed by atoms with van der Waals surface area (Å²) in [4.78, 5) is 8.07. The minimum atomic E-state index is 0.847. The number of hydrazine groups is 1. The molecule has 4 heteroatoms. The lowest BCUT2D eigenvalue weighted by atomic mass is 10.5. The van der Waals surface area contributed by atoms with Gasteiger partial charge in [0, 0.05) is 6.54 Å². The fourth-order valence-electron chi connectivity index (χ4n) is 1.02. The summed E-state index contributed by atoms with van der Waals surface area (Å²) in [6.07, 6.45) is 3.60. The van der Waals surface area contributed by atoms with Crippen molar-refractivity contribution in [1.82, 2.24) is 10.4 Å². The molecule has 2 rings (SSSR count). The van der Waals surface area contributed by atoms with Crippen LogP contribution in [-0.2, 0) is 0 Å². The highest BCUT2D eigenvalue weighted by Gasteiger charge is 2.17. The second-order valence-corrected chi connectivity index (χ2v) is 2.18. The smallest absolute Gasteiger partial charge is 0.147 e. The summed E-state index contributed by atoms with van der Waals surface area (Å²) in [5, 5.41) is 1.88. The molecule has 0 unspecified atom stereocenters. The number of rotatable bonds is 0. The molecular weight excluding hydrogens is 128 g/mol. The summed E-state index contributed by atoms with van der Waals surface area (Å²) < 4.78 is 0. The molecule has 4 nitrogen and oxygen atoms in total. The lowest BCUT2D eigenvalue weighted by Gasteiger charge is -2.20. The molecule has 52 valence electrons.